The largest absolute Gasteiger partial charge is 0.488 e. The second-order valence-corrected chi connectivity index (χ2v) is 9.78. The molecule has 0 spiro atoms. The van der Waals surface area contributed by atoms with Gasteiger partial charge in [0.15, 0.2) is 0 Å². The van der Waals surface area contributed by atoms with Crippen LogP contribution in [0, 0.1) is 18.3 Å². The van der Waals surface area contributed by atoms with E-state index in [9.17, 15) is 23.5 Å². The lowest BCUT2D eigenvalue weighted by Gasteiger charge is -2.21. The molecule has 9 heteroatoms. The molecule has 41 heavy (non-hydrogen) atoms. The zero-order chi connectivity index (χ0) is 29.4. The number of hydrogen-bond donors (Lipinski definition) is 3. The molecule has 6 nitrogen and oxygen atoms in total. The molecule has 0 unspecified atom stereocenters. The van der Waals surface area contributed by atoms with Crippen molar-refractivity contribution in [1.82, 2.24) is 10.3 Å². The number of aliphatic hydroxyl groups is 1. The Labute approximate surface area is 237 Å². The Bertz CT molecular complexity index is 1520. The number of rotatable bonds is 11. The Balaban J connectivity index is 1.63. The van der Waals surface area contributed by atoms with E-state index in [-0.39, 0.29) is 36.9 Å². The number of nitrogens with one attached hydrogen (secondary N) is 2. The SMILES string of the molecule is Cc1cc(CN[C@@H](C)CO)c(OCc2cncc(C#N)c2)cc1NCc1cccc(-c2ccccc2)c1C(F)(F)F. The van der Waals surface area contributed by atoms with Crippen LogP contribution in [0.2, 0.25) is 0 Å². The first kappa shape index (κ1) is 29.6. The molecule has 4 aromatic rings. The van der Waals surface area contributed by atoms with E-state index in [0.29, 0.717) is 34.7 Å². The lowest BCUT2D eigenvalue weighted by atomic mass is 9.94. The molecule has 1 atom stereocenters. The number of aliphatic hydroxyl groups excluding tert-OH is 1. The summed E-state index contributed by atoms with van der Waals surface area (Å²) < 4.78 is 49.1. The van der Waals surface area contributed by atoms with Crippen molar-refractivity contribution in [3.05, 3.63) is 113 Å². The van der Waals surface area contributed by atoms with Crippen molar-refractivity contribution in [2.75, 3.05) is 11.9 Å². The average molecular weight is 561 g/mol. The van der Waals surface area contributed by atoms with E-state index in [1.54, 1.807) is 54.7 Å². The molecular formula is C32H31F3N4O2. The van der Waals surface area contributed by atoms with E-state index in [1.165, 1.54) is 18.3 Å². The number of pyridine rings is 1. The third kappa shape index (κ3) is 7.63. The predicted octanol–water partition coefficient (Wildman–Crippen LogP) is 6.61. The van der Waals surface area contributed by atoms with E-state index in [1.807, 2.05) is 19.9 Å². The highest BCUT2D eigenvalue weighted by Gasteiger charge is 2.36. The molecule has 0 bridgehead atoms. The van der Waals surface area contributed by atoms with E-state index >= 15 is 0 Å². The van der Waals surface area contributed by atoms with Gasteiger partial charge < -0.3 is 20.5 Å². The third-order valence-electron chi connectivity index (χ3n) is 6.63. The summed E-state index contributed by atoms with van der Waals surface area (Å²) >= 11 is 0. The van der Waals surface area contributed by atoms with Crippen LogP contribution in [0.1, 0.15) is 40.3 Å². The topological polar surface area (TPSA) is 90.2 Å². The van der Waals surface area contributed by atoms with Gasteiger partial charge in [0.1, 0.15) is 18.4 Å². The van der Waals surface area contributed by atoms with Crippen LogP contribution in [-0.4, -0.2) is 22.7 Å². The lowest BCUT2D eigenvalue weighted by Crippen LogP contribution is -2.28. The Kier molecular flexibility index (Phi) is 9.61. The Morgan fingerprint density at radius 3 is 2.49 bits per heavy atom. The van der Waals surface area contributed by atoms with Crippen LogP contribution in [0.25, 0.3) is 11.1 Å². The summed E-state index contributed by atoms with van der Waals surface area (Å²) in [6, 6.07) is 20.4. The van der Waals surface area contributed by atoms with Crippen molar-refractivity contribution < 1.29 is 23.0 Å². The number of nitriles is 1. The summed E-state index contributed by atoms with van der Waals surface area (Å²) in [7, 11) is 0. The van der Waals surface area contributed by atoms with Gasteiger partial charge in [0.05, 0.1) is 17.7 Å². The van der Waals surface area contributed by atoms with Crippen LogP contribution in [-0.2, 0) is 25.9 Å². The molecule has 1 aromatic heterocycles. The Morgan fingerprint density at radius 1 is 1.00 bits per heavy atom. The quantitative estimate of drug-likeness (QED) is 0.191. The molecule has 3 aromatic carbocycles. The first-order valence-corrected chi connectivity index (χ1v) is 13.1. The molecule has 0 radical (unpaired) electrons. The van der Waals surface area contributed by atoms with Crippen LogP contribution in [0.3, 0.4) is 0 Å². The highest BCUT2D eigenvalue weighted by atomic mass is 19.4. The van der Waals surface area contributed by atoms with Crippen molar-refractivity contribution in [2.24, 2.45) is 0 Å². The Hall–Kier alpha value is -4.39. The van der Waals surface area contributed by atoms with Crippen LogP contribution in [0.15, 0.2) is 79.1 Å². The van der Waals surface area contributed by atoms with Crippen LogP contribution >= 0.6 is 0 Å². The summed E-state index contributed by atoms with van der Waals surface area (Å²) in [6.07, 6.45) is -1.47. The Morgan fingerprint density at radius 2 is 1.78 bits per heavy atom. The van der Waals surface area contributed by atoms with Crippen molar-refractivity contribution in [2.45, 2.75) is 45.8 Å². The van der Waals surface area contributed by atoms with Gasteiger partial charge in [-0.05, 0) is 48.2 Å². The zero-order valence-corrected chi connectivity index (χ0v) is 22.8. The first-order chi connectivity index (χ1) is 19.7. The highest BCUT2D eigenvalue weighted by Crippen LogP contribution is 2.40. The molecular weight excluding hydrogens is 529 g/mol. The first-order valence-electron chi connectivity index (χ1n) is 13.1. The maximum atomic E-state index is 14.3. The number of ether oxygens (including phenoxy) is 1. The molecule has 3 N–H and O–H groups in total. The summed E-state index contributed by atoms with van der Waals surface area (Å²) in [5, 5.41) is 25.0. The van der Waals surface area contributed by atoms with Crippen LogP contribution < -0.4 is 15.4 Å². The third-order valence-corrected chi connectivity index (χ3v) is 6.63. The van der Waals surface area contributed by atoms with Crippen molar-refractivity contribution in [3.63, 3.8) is 0 Å². The summed E-state index contributed by atoms with van der Waals surface area (Å²) in [6.45, 7) is 4.19. The normalized spacial score (nSPS) is 12.0. The summed E-state index contributed by atoms with van der Waals surface area (Å²) in [5.74, 6) is 0.521. The fraction of sp³-hybridized carbons (Fsp3) is 0.250. The van der Waals surface area contributed by atoms with Crippen molar-refractivity contribution >= 4 is 5.69 Å². The van der Waals surface area contributed by atoms with Gasteiger partial charge in [-0.25, -0.2) is 0 Å². The minimum absolute atomic E-state index is 0.0367. The number of benzene rings is 3. The number of aryl methyl sites for hydroxylation is 1. The smallest absolute Gasteiger partial charge is 0.417 e. The molecule has 1 heterocycles. The number of nitrogens with zero attached hydrogens (tertiary/aromatic N) is 2. The lowest BCUT2D eigenvalue weighted by molar-refractivity contribution is -0.137. The summed E-state index contributed by atoms with van der Waals surface area (Å²) in [4.78, 5) is 4.07. The van der Waals surface area contributed by atoms with Crippen molar-refractivity contribution in [3.8, 4) is 22.9 Å². The summed E-state index contributed by atoms with van der Waals surface area (Å²) in [5.41, 5.74) is 3.47. The molecule has 4 rings (SSSR count). The molecule has 0 fully saturated rings. The molecule has 0 aliphatic heterocycles. The van der Waals surface area contributed by atoms with Gasteiger partial charge in [0, 0.05) is 54.4 Å². The molecule has 0 amide bonds. The monoisotopic (exact) mass is 560 g/mol. The van der Waals surface area contributed by atoms with Gasteiger partial charge in [-0.3, -0.25) is 4.98 Å². The molecule has 0 aliphatic rings. The fourth-order valence-corrected chi connectivity index (χ4v) is 4.48. The number of hydrogen-bond acceptors (Lipinski definition) is 6. The highest BCUT2D eigenvalue weighted by molar-refractivity contribution is 5.70. The van der Waals surface area contributed by atoms with Crippen LogP contribution in [0.5, 0.6) is 5.75 Å². The van der Waals surface area contributed by atoms with Crippen LogP contribution in [0.4, 0.5) is 18.9 Å². The van der Waals surface area contributed by atoms with E-state index in [4.69, 9.17) is 4.74 Å². The second kappa shape index (κ2) is 13.3. The maximum Gasteiger partial charge on any atom is 0.417 e. The predicted molar refractivity (Wildman–Crippen MR) is 152 cm³/mol. The zero-order valence-electron chi connectivity index (χ0n) is 22.8. The minimum atomic E-state index is -4.54. The van der Waals surface area contributed by atoms with Gasteiger partial charge in [-0.1, -0.05) is 48.5 Å². The molecule has 212 valence electrons. The van der Waals surface area contributed by atoms with Gasteiger partial charge in [0.2, 0.25) is 0 Å². The second-order valence-electron chi connectivity index (χ2n) is 9.78. The van der Waals surface area contributed by atoms with Gasteiger partial charge in [-0.2, -0.15) is 18.4 Å². The van der Waals surface area contributed by atoms with Gasteiger partial charge in [0.25, 0.3) is 0 Å². The number of halogens is 3. The van der Waals surface area contributed by atoms with E-state index < -0.39 is 11.7 Å². The molecule has 0 aliphatic carbocycles. The number of alkyl halides is 3. The van der Waals surface area contributed by atoms with E-state index in [0.717, 1.165) is 11.1 Å². The van der Waals surface area contributed by atoms with E-state index in [2.05, 4.69) is 21.7 Å². The van der Waals surface area contributed by atoms with Gasteiger partial charge in [-0.15, -0.1) is 0 Å². The number of aromatic nitrogens is 1. The maximum absolute atomic E-state index is 14.3. The fourth-order valence-electron chi connectivity index (χ4n) is 4.48. The number of anilines is 1. The average Bonchev–Trinajstić information content (AvgIpc) is 2.98. The molecule has 0 saturated carbocycles. The minimum Gasteiger partial charge on any atom is -0.488 e. The van der Waals surface area contributed by atoms with Crippen molar-refractivity contribution in [1.29, 1.82) is 5.26 Å². The standard InChI is InChI=1S/C32H31F3N4O2/c1-21-11-27(18-38-22(2)19-40)30(41-20-24-12-23(14-36)15-37-16-24)13-29(21)39-17-26-9-6-10-28(31(26)32(33,34)35)25-7-4-3-5-8-25/h3-13,15-16,22,38-40H,17-20H2,1-2H3/t22-/m0/s1. The van der Waals surface area contributed by atoms with Gasteiger partial charge >= 0.3 is 6.18 Å². The molecule has 0 saturated heterocycles.